The Kier molecular flexibility index (Phi) is 3.24. The van der Waals surface area contributed by atoms with Crippen LogP contribution in [0.2, 0.25) is 0 Å². The molecule has 0 spiro atoms. The van der Waals surface area contributed by atoms with Crippen LogP contribution in [-0.2, 0) is 6.18 Å². The van der Waals surface area contributed by atoms with E-state index >= 15 is 0 Å². The fourth-order valence-electron chi connectivity index (χ4n) is 1.91. The van der Waals surface area contributed by atoms with Crippen molar-refractivity contribution in [3.63, 3.8) is 0 Å². The quantitative estimate of drug-likeness (QED) is 0.819. The first-order valence-electron chi connectivity index (χ1n) is 5.48. The Morgan fingerprint density at radius 2 is 2.18 bits per heavy atom. The van der Waals surface area contributed by atoms with Gasteiger partial charge in [-0.05, 0) is 19.1 Å². The zero-order valence-electron chi connectivity index (χ0n) is 9.46. The van der Waals surface area contributed by atoms with Gasteiger partial charge in [0.1, 0.15) is 5.69 Å². The number of hydrogen-bond donors (Lipinski definition) is 1. The molecule has 0 aliphatic carbocycles. The number of halogens is 3. The Morgan fingerprint density at radius 1 is 1.41 bits per heavy atom. The molecule has 1 fully saturated rings. The number of nitrogens with zero attached hydrogens (tertiary/aromatic N) is 2. The first-order valence-corrected chi connectivity index (χ1v) is 5.48. The second-order valence-electron chi connectivity index (χ2n) is 4.20. The van der Waals surface area contributed by atoms with Gasteiger partial charge in [0.2, 0.25) is 0 Å². The fourth-order valence-corrected chi connectivity index (χ4v) is 1.91. The number of nitrogens with one attached hydrogen (secondary N) is 1. The number of anilines is 1. The Labute approximate surface area is 97.6 Å². The van der Waals surface area contributed by atoms with Gasteiger partial charge >= 0.3 is 6.18 Å². The lowest BCUT2D eigenvalue weighted by Crippen LogP contribution is -2.49. The third-order valence-corrected chi connectivity index (χ3v) is 2.77. The summed E-state index contributed by atoms with van der Waals surface area (Å²) in [6.45, 7) is 4.45. The Bertz CT molecular complexity index is 375. The Hall–Kier alpha value is -1.30. The van der Waals surface area contributed by atoms with E-state index in [0.29, 0.717) is 6.04 Å². The normalized spacial score (nSPS) is 21.6. The lowest BCUT2D eigenvalue weighted by atomic mass is 10.2. The highest BCUT2D eigenvalue weighted by molar-refractivity contribution is 5.45. The van der Waals surface area contributed by atoms with Crippen molar-refractivity contribution >= 4 is 5.69 Å². The second kappa shape index (κ2) is 4.52. The molecule has 2 rings (SSSR count). The van der Waals surface area contributed by atoms with Crippen molar-refractivity contribution in [3.05, 3.63) is 24.0 Å². The summed E-state index contributed by atoms with van der Waals surface area (Å²) >= 11 is 0. The maximum atomic E-state index is 12.3. The van der Waals surface area contributed by atoms with Gasteiger partial charge in [-0.2, -0.15) is 13.2 Å². The van der Waals surface area contributed by atoms with E-state index in [1.807, 2.05) is 11.8 Å². The van der Waals surface area contributed by atoms with Crippen molar-refractivity contribution in [2.45, 2.75) is 19.1 Å². The molecule has 0 bridgehead atoms. The summed E-state index contributed by atoms with van der Waals surface area (Å²) in [5.74, 6) is 0. The van der Waals surface area contributed by atoms with Gasteiger partial charge < -0.3 is 10.2 Å². The molecule has 1 aliphatic heterocycles. The molecule has 1 aromatic rings. The molecular formula is C11H14F3N3. The average molecular weight is 245 g/mol. The van der Waals surface area contributed by atoms with Crippen LogP contribution in [0.4, 0.5) is 18.9 Å². The lowest BCUT2D eigenvalue weighted by Gasteiger charge is -2.33. The van der Waals surface area contributed by atoms with Crippen LogP contribution in [0.15, 0.2) is 18.3 Å². The number of alkyl halides is 3. The summed E-state index contributed by atoms with van der Waals surface area (Å²) in [4.78, 5) is 5.50. The highest BCUT2D eigenvalue weighted by Crippen LogP contribution is 2.28. The number of pyridine rings is 1. The van der Waals surface area contributed by atoms with E-state index in [0.717, 1.165) is 31.4 Å². The summed E-state index contributed by atoms with van der Waals surface area (Å²) in [7, 11) is 0. The molecule has 0 aromatic carbocycles. The molecule has 1 aromatic heterocycles. The van der Waals surface area contributed by atoms with Crippen LogP contribution in [0.25, 0.3) is 0 Å². The Balaban J connectivity index is 2.12. The van der Waals surface area contributed by atoms with E-state index in [2.05, 4.69) is 10.3 Å². The van der Waals surface area contributed by atoms with Gasteiger partial charge in [-0.25, -0.2) is 4.98 Å². The van der Waals surface area contributed by atoms with E-state index < -0.39 is 11.9 Å². The van der Waals surface area contributed by atoms with E-state index in [1.165, 1.54) is 12.3 Å². The molecule has 2 heterocycles. The highest BCUT2D eigenvalue weighted by Gasteiger charge is 2.32. The Morgan fingerprint density at radius 3 is 2.71 bits per heavy atom. The zero-order valence-corrected chi connectivity index (χ0v) is 9.46. The van der Waals surface area contributed by atoms with Gasteiger partial charge in [0.25, 0.3) is 0 Å². The van der Waals surface area contributed by atoms with Crippen LogP contribution < -0.4 is 10.2 Å². The molecular weight excluding hydrogens is 231 g/mol. The molecule has 17 heavy (non-hydrogen) atoms. The van der Waals surface area contributed by atoms with Gasteiger partial charge in [-0.3, -0.25) is 0 Å². The predicted octanol–water partition coefficient (Wildman–Crippen LogP) is 1.90. The smallest absolute Gasteiger partial charge is 0.367 e. The third kappa shape index (κ3) is 2.88. The molecule has 3 nitrogen and oxygen atoms in total. The van der Waals surface area contributed by atoms with E-state index in [9.17, 15) is 13.2 Å². The van der Waals surface area contributed by atoms with Crippen molar-refractivity contribution in [2.24, 2.45) is 0 Å². The van der Waals surface area contributed by atoms with Crippen molar-refractivity contribution in [2.75, 3.05) is 24.5 Å². The monoisotopic (exact) mass is 245 g/mol. The minimum absolute atomic E-state index is 0.339. The van der Waals surface area contributed by atoms with Crippen molar-refractivity contribution in [1.29, 1.82) is 0 Å². The molecule has 1 unspecified atom stereocenters. The number of piperazine rings is 1. The van der Waals surface area contributed by atoms with Crippen LogP contribution in [-0.4, -0.2) is 30.7 Å². The first kappa shape index (κ1) is 12.2. The molecule has 1 N–H and O–H groups in total. The fraction of sp³-hybridized carbons (Fsp3) is 0.545. The number of rotatable bonds is 1. The van der Waals surface area contributed by atoms with Crippen LogP contribution in [0.1, 0.15) is 12.6 Å². The average Bonchev–Trinajstić information content (AvgIpc) is 2.28. The van der Waals surface area contributed by atoms with Crippen molar-refractivity contribution < 1.29 is 13.2 Å². The molecule has 1 atom stereocenters. The van der Waals surface area contributed by atoms with E-state index in [4.69, 9.17) is 0 Å². The molecule has 1 aliphatic rings. The van der Waals surface area contributed by atoms with Gasteiger partial charge in [0.15, 0.2) is 0 Å². The first-order chi connectivity index (χ1) is 7.97. The van der Waals surface area contributed by atoms with Crippen molar-refractivity contribution in [1.82, 2.24) is 10.3 Å². The number of aromatic nitrogens is 1. The molecule has 0 saturated carbocycles. The summed E-state index contributed by atoms with van der Waals surface area (Å²) in [6, 6.07) is 2.85. The summed E-state index contributed by atoms with van der Waals surface area (Å²) in [5.41, 5.74) is -0.101. The van der Waals surface area contributed by atoms with Crippen LogP contribution >= 0.6 is 0 Å². The van der Waals surface area contributed by atoms with E-state index in [-0.39, 0.29) is 0 Å². The minimum atomic E-state index is -4.37. The molecule has 1 saturated heterocycles. The molecule has 94 valence electrons. The van der Waals surface area contributed by atoms with Gasteiger partial charge in [0.05, 0.1) is 11.9 Å². The standard InChI is InChI=1S/C11H14F3N3/c1-8-7-17(5-4-15-8)9-2-3-10(16-6-9)11(12,13)14/h2-3,6,8,15H,4-5,7H2,1H3. The SMILES string of the molecule is CC1CN(c2ccc(C(F)(F)F)nc2)CCN1. The number of hydrogen-bond acceptors (Lipinski definition) is 3. The summed E-state index contributed by atoms with van der Waals surface area (Å²) < 4.78 is 37.0. The molecule has 0 radical (unpaired) electrons. The van der Waals surface area contributed by atoms with Gasteiger partial charge in [-0.15, -0.1) is 0 Å². The van der Waals surface area contributed by atoms with Crippen molar-refractivity contribution in [3.8, 4) is 0 Å². The molecule has 0 amide bonds. The highest BCUT2D eigenvalue weighted by atomic mass is 19.4. The van der Waals surface area contributed by atoms with E-state index in [1.54, 1.807) is 0 Å². The summed E-state index contributed by atoms with van der Waals surface area (Å²) in [5, 5.41) is 3.28. The van der Waals surface area contributed by atoms with Gasteiger partial charge in [-0.1, -0.05) is 0 Å². The predicted molar refractivity (Wildman–Crippen MR) is 58.9 cm³/mol. The maximum Gasteiger partial charge on any atom is 0.433 e. The van der Waals surface area contributed by atoms with Crippen LogP contribution in [0, 0.1) is 0 Å². The summed E-state index contributed by atoms with van der Waals surface area (Å²) in [6.07, 6.45) is -3.07. The second-order valence-corrected chi connectivity index (χ2v) is 4.20. The maximum absolute atomic E-state index is 12.3. The van der Waals surface area contributed by atoms with Crippen LogP contribution in [0.3, 0.4) is 0 Å². The minimum Gasteiger partial charge on any atom is -0.367 e. The van der Waals surface area contributed by atoms with Crippen LogP contribution in [0.5, 0.6) is 0 Å². The lowest BCUT2D eigenvalue weighted by molar-refractivity contribution is -0.141. The topological polar surface area (TPSA) is 28.2 Å². The molecule has 6 heteroatoms. The third-order valence-electron chi connectivity index (χ3n) is 2.77. The van der Waals surface area contributed by atoms with Gasteiger partial charge in [0, 0.05) is 25.7 Å². The largest absolute Gasteiger partial charge is 0.433 e. The zero-order chi connectivity index (χ0) is 12.5.